The van der Waals surface area contributed by atoms with E-state index in [-0.39, 0.29) is 17.5 Å². The maximum atomic E-state index is 10.4. The Morgan fingerprint density at radius 3 is 1.15 bits per heavy atom. The number of hydrogen-bond acceptors (Lipinski definition) is 3. The molecule has 13 aromatic carbocycles. The Morgan fingerprint density at radius 2 is 0.745 bits per heavy atom. The molecule has 0 amide bonds. The summed E-state index contributed by atoms with van der Waals surface area (Å²) in [7, 11) is 0. The molecule has 3 heterocycles. The van der Waals surface area contributed by atoms with Crippen LogP contribution in [-0.4, -0.2) is 11.3 Å². The van der Waals surface area contributed by atoms with Crippen LogP contribution in [0.1, 0.15) is 58.2 Å². The van der Waals surface area contributed by atoms with Gasteiger partial charge in [0.25, 0.3) is 6.71 Å². The van der Waals surface area contributed by atoms with E-state index in [1.54, 1.807) is 0 Å². The molecule has 5 nitrogen and oxygen atoms in total. The first-order chi connectivity index (χ1) is 45.8. The molecule has 16 rings (SSSR count). The molecule has 1 aromatic heterocycles. The second-order valence-electron chi connectivity index (χ2n) is 27.1. The monoisotopic (exact) mass is 1200 g/mol. The summed E-state index contributed by atoms with van der Waals surface area (Å²) in [5, 5.41) is 12.8. The maximum absolute atomic E-state index is 10.4. The lowest BCUT2D eigenvalue weighted by molar-refractivity contribution is 0.590. The number of rotatable bonds is 9. The number of nitrogens with zero attached hydrogens (tertiary/aromatic N) is 5. The van der Waals surface area contributed by atoms with Crippen molar-refractivity contribution >= 4 is 84.7 Å². The van der Waals surface area contributed by atoms with E-state index in [9.17, 15) is 5.26 Å². The highest BCUT2D eigenvalue weighted by Gasteiger charge is 2.46. The van der Waals surface area contributed by atoms with Crippen molar-refractivity contribution in [1.82, 2.24) is 4.57 Å². The molecule has 0 fully saturated rings. The topological polar surface area (TPSA) is 39.6 Å². The number of para-hydroxylation sites is 2. The largest absolute Gasteiger partial charge is 0.310 e. The third-order valence-electron chi connectivity index (χ3n) is 19.3. The average molecular weight is 1200 g/mol. The zero-order valence-electron chi connectivity index (χ0n) is 53.5. The predicted octanol–water partition coefficient (Wildman–Crippen LogP) is 21.9. The zero-order chi connectivity index (χ0) is 64.0. The first kappa shape index (κ1) is 57.5. The molecule has 0 aliphatic carbocycles. The van der Waals surface area contributed by atoms with E-state index >= 15 is 0 Å². The van der Waals surface area contributed by atoms with Crippen molar-refractivity contribution in [2.24, 2.45) is 0 Å². The summed E-state index contributed by atoms with van der Waals surface area (Å²) < 4.78 is 2.54. The number of benzene rings is 13. The summed E-state index contributed by atoms with van der Waals surface area (Å²) in [5.41, 5.74) is 29.2. The van der Waals surface area contributed by atoms with Gasteiger partial charge in [-0.2, -0.15) is 5.26 Å². The Morgan fingerprint density at radius 1 is 0.362 bits per heavy atom. The van der Waals surface area contributed by atoms with Crippen molar-refractivity contribution in [2.45, 2.75) is 52.4 Å². The lowest BCUT2D eigenvalue weighted by atomic mass is 9.33. The number of hydrogen-bond donors (Lipinski definition) is 0. The molecule has 0 bridgehead atoms. The average Bonchev–Trinajstić information content (AvgIpc) is 0.804. The highest BCUT2D eigenvalue weighted by molar-refractivity contribution is 7.00. The summed E-state index contributed by atoms with van der Waals surface area (Å²) in [5.74, 6) is 0. The van der Waals surface area contributed by atoms with E-state index < -0.39 is 0 Å². The smallest absolute Gasteiger partial charge is 0.252 e. The minimum absolute atomic E-state index is 0.104. The molecule has 0 radical (unpaired) electrons. The Kier molecular flexibility index (Phi) is 13.8. The van der Waals surface area contributed by atoms with Gasteiger partial charge in [-0.05, 0) is 150 Å². The second-order valence-corrected chi connectivity index (χ2v) is 27.1. The lowest BCUT2D eigenvalue weighted by Crippen LogP contribution is -2.61. The van der Waals surface area contributed by atoms with Gasteiger partial charge in [0.1, 0.15) is 0 Å². The van der Waals surface area contributed by atoms with Crippen LogP contribution in [0.4, 0.5) is 39.8 Å². The molecule has 0 saturated carbocycles. The van der Waals surface area contributed by atoms with Crippen LogP contribution in [0.2, 0.25) is 0 Å². The molecule has 14 aromatic rings. The van der Waals surface area contributed by atoms with Gasteiger partial charge in [-0.25, -0.2) is 4.85 Å². The van der Waals surface area contributed by atoms with Gasteiger partial charge in [-0.3, -0.25) is 0 Å². The molecule has 94 heavy (non-hydrogen) atoms. The van der Waals surface area contributed by atoms with Crippen LogP contribution < -0.4 is 26.2 Å². The van der Waals surface area contributed by atoms with Crippen LogP contribution in [0.5, 0.6) is 0 Å². The van der Waals surface area contributed by atoms with Gasteiger partial charge in [0, 0.05) is 55.8 Å². The quantitative estimate of drug-likeness (QED) is 0.107. The van der Waals surface area contributed by atoms with Crippen LogP contribution in [0.3, 0.4) is 0 Å². The van der Waals surface area contributed by atoms with Crippen molar-refractivity contribution in [3.8, 4) is 78.5 Å². The fourth-order valence-corrected chi connectivity index (χ4v) is 14.7. The summed E-state index contributed by atoms with van der Waals surface area (Å²) in [6.45, 7) is 21.7. The summed E-state index contributed by atoms with van der Waals surface area (Å²) >= 11 is 0. The first-order valence-electron chi connectivity index (χ1n) is 32.4. The van der Waals surface area contributed by atoms with Gasteiger partial charge in [0.05, 0.1) is 46.3 Å². The standard InChI is InChI=1S/C88H66BN5/c1-87(2,3)66-42-46-78-74(52-66)75-53-67(88(4,5)6)43-47-79(75)92(78)69-54-82-84-83(55-69)94(86-72(60-29-16-10-17-30-60)38-23-39-73(86)61-31-18-11-19-32-61)81-51-65(63-34-21-35-68(49-63)91-7)41-45-77(81)89(84)76-44-40-64(62-33-20-24-57(48-62)56-90)50-80(76)93(82)85-70(58-25-12-8-13-26-58)36-22-37-71(85)59-27-14-9-15-28-59/h8-55H,1-6H3. The molecule has 0 spiro atoms. The molecule has 0 N–H and O–H groups in total. The highest BCUT2D eigenvalue weighted by atomic mass is 15.2. The van der Waals surface area contributed by atoms with Gasteiger partial charge >= 0.3 is 0 Å². The summed E-state index contributed by atoms with van der Waals surface area (Å²) in [6.07, 6.45) is 0. The van der Waals surface area contributed by atoms with Crippen molar-refractivity contribution in [3.05, 3.63) is 319 Å². The SMILES string of the molecule is [C-]#[N+]c1cccc(-c2ccc3c(c2)N(c2c(-c4ccccc4)cccc2-c2ccccc2)c2cc(-n4c5ccc(C(C)(C)C)cc5c5cc(C(C)(C)C)ccc54)cc4c2B3c2ccc(-c3cccc(C#N)c3)cc2N4c2c(-c3ccccc3)cccc2-c2ccccc2)c1. The van der Waals surface area contributed by atoms with E-state index in [2.05, 4.69) is 322 Å². The highest BCUT2D eigenvalue weighted by Crippen LogP contribution is 2.54. The van der Waals surface area contributed by atoms with Crippen molar-refractivity contribution in [3.63, 3.8) is 0 Å². The number of fused-ring (bicyclic) bond motifs is 7. The van der Waals surface area contributed by atoms with Crippen molar-refractivity contribution in [1.29, 1.82) is 5.26 Å². The van der Waals surface area contributed by atoms with Gasteiger partial charge in [-0.1, -0.05) is 266 Å². The minimum atomic E-state index is -0.297. The van der Waals surface area contributed by atoms with Crippen LogP contribution in [0.25, 0.3) is 99.1 Å². The fourth-order valence-electron chi connectivity index (χ4n) is 14.7. The normalized spacial score (nSPS) is 12.5. The summed E-state index contributed by atoms with van der Waals surface area (Å²) in [4.78, 5) is 9.16. The molecule has 2 aliphatic heterocycles. The molecule has 0 saturated heterocycles. The Bertz CT molecular complexity index is 4980. The van der Waals surface area contributed by atoms with E-state index in [4.69, 9.17) is 6.57 Å². The van der Waals surface area contributed by atoms with Crippen LogP contribution in [0.15, 0.2) is 291 Å². The van der Waals surface area contributed by atoms with Gasteiger partial charge < -0.3 is 14.4 Å². The van der Waals surface area contributed by atoms with Gasteiger partial charge in [0.15, 0.2) is 5.69 Å². The third kappa shape index (κ3) is 9.69. The Labute approximate surface area is 551 Å². The molecular formula is C88H66BN5. The maximum Gasteiger partial charge on any atom is 0.252 e. The fraction of sp³-hybridized carbons (Fsp3) is 0.0909. The number of anilines is 6. The molecular weight excluding hydrogens is 1140 g/mol. The zero-order valence-corrected chi connectivity index (χ0v) is 53.5. The van der Waals surface area contributed by atoms with Gasteiger partial charge in [0.2, 0.25) is 0 Å². The van der Waals surface area contributed by atoms with Crippen LogP contribution in [-0.2, 0) is 10.8 Å². The third-order valence-corrected chi connectivity index (χ3v) is 19.3. The molecule has 2 aliphatic rings. The number of nitriles is 1. The summed E-state index contributed by atoms with van der Waals surface area (Å²) in [6, 6.07) is 109. The van der Waals surface area contributed by atoms with Crippen molar-refractivity contribution in [2.75, 3.05) is 9.80 Å². The van der Waals surface area contributed by atoms with E-state index in [0.717, 1.165) is 129 Å². The Balaban J connectivity index is 1.12. The van der Waals surface area contributed by atoms with Crippen LogP contribution in [0, 0.1) is 17.9 Å². The first-order valence-corrected chi connectivity index (χ1v) is 32.4. The number of aromatic nitrogens is 1. The second kappa shape index (κ2) is 22.6. The van der Waals surface area contributed by atoms with Gasteiger partial charge in [-0.15, -0.1) is 0 Å². The molecule has 0 unspecified atom stereocenters. The molecule has 446 valence electrons. The van der Waals surface area contributed by atoms with E-state index in [0.29, 0.717) is 11.3 Å². The van der Waals surface area contributed by atoms with Crippen molar-refractivity contribution < 1.29 is 0 Å². The predicted molar refractivity (Wildman–Crippen MR) is 396 cm³/mol. The molecule has 0 atom stereocenters. The Hall–Kier alpha value is -11.7. The minimum Gasteiger partial charge on any atom is -0.310 e. The molecule has 6 heteroatoms. The van der Waals surface area contributed by atoms with Crippen LogP contribution >= 0.6 is 0 Å². The van der Waals surface area contributed by atoms with E-state index in [1.807, 2.05) is 36.4 Å². The lowest BCUT2D eigenvalue weighted by Gasteiger charge is -2.46. The van der Waals surface area contributed by atoms with E-state index in [1.165, 1.54) is 27.4 Å².